The third-order valence-corrected chi connectivity index (χ3v) is 4.03. The lowest BCUT2D eigenvalue weighted by molar-refractivity contribution is 0.584. The van der Waals surface area contributed by atoms with Crippen molar-refractivity contribution in [1.29, 1.82) is 0 Å². The Balaban J connectivity index is 2.24. The van der Waals surface area contributed by atoms with Gasteiger partial charge in [0, 0.05) is 10.5 Å². The predicted molar refractivity (Wildman–Crippen MR) is 81.1 cm³/mol. The maximum absolute atomic E-state index is 13.4. The molecule has 0 amide bonds. The molecule has 0 radical (unpaired) electrons. The minimum Gasteiger partial charge on any atom is -0.313 e. The number of hydrogen-bond acceptors (Lipinski definition) is 1. The van der Waals surface area contributed by atoms with E-state index in [9.17, 15) is 4.39 Å². The summed E-state index contributed by atoms with van der Waals surface area (Å²) in [5.41, 5.74) is 1.95. The van der Waals surface area contributed by atoms with E-state index < -0.39 is 0 Å². The van der Waals surface area contributed by atoms with Gasteiger partial charge < -0.3 is 5.32 Å². The Kier molecular flexibility index (Phi) is 4.97. The molecule has 0 heterocycles. The zero-order valence-electron chi connectivity index (χ0n) is 10.5. The first-order chi connectivity index (χ1) is 9.11. The van der Waals surface area contributed by atoms with Gasteiger partial charge in [-0.25, -0.2) is 4.39 Å². The molecule has 19 heavy (non-hydrogen) atoms. The van der Waals surface area contributed by atoms with Crippen molar-refractivity contribution in [1.82, 2.24) is 5.32 Å². The third-order valence-electron chi connectivity index (χ3n) is 3.08. The van der Waals surface area contributed by atoms with E-state index in [1.54, 1.807) is 6.07 Å². The second-order valence-corrected chi connectivity index (χ2v) is 5.60. The summed E-state index contributed by atoms with van der Waals surface area (Å²) in [6.07, 6.45) is 0.648. The van der Waals surface area contributed by atoms with Gasteiger partial charge in [0.05, 0.1) is 5.02 Å². The number of benzene rings is 2. The third kappa shape index (κ3) is 3.56. The lowest BCUT2D eigenvalue weighted by Crippen LogP contribution is -2.19. The van der Waals surface area contributed by atoms with Crippen molar-refractivity contribution in [3.63, 3.8) is 0 Å². The molecule has 2 aromatic carbocycles. The minimum atomic E-state index is -0.371. The van der Waals surface area contributed by atoms with Crippen LogP contribution in [-0.4, -0.2) is 7.05 Å². The molecule has 2 aromatic rings. The Morgan fingerprint density at radius 2 is 1.89 bits per heavy atom. The maximum atomic E-state index is 13.4. The summed E-state index contributed by atoms with van der Waals surface area (Å²) in [6, 6.07) is 13.1. The van der Waals surface area contributed by atoms with Crippen molar-refractivity contribution in [3.8, 4) is 0 Å². The zero-order chi connectivity index (χ0) is 13.8. The van der Waals surface area contributed by atoms with Gasteiger partial charge in [-0.3, -0.25) is 0 Å². The highest BCUT2D eigenvalue weighted by atomic mass is 79.9. The van der Waals surface area contributed by atoms with Crippen molar-refractivity contribution in [2.75, 3.05) is 7.05 Å². The fraction of sp³-hybridized carbons (Fsp3) is 0.200. The second-order valence-electron chi connectivity index (χ2n) is 4.31. The largest absolute Gasteiger partial charge is 0.313 e. The Hall–Kier alpha value is -0.900. The first-order valence-electron chi connectivity index (χ1n) is 5.97. The van der Waals surface area contributed by atoms with E-state index in [1.807, 2.05) is 37.4 Å². The van der Waals surface area contributed by atoms with Gasteiger partial charge in [-0.15, -0.1) is 0 Å². The van der Waals surface area contributed by atoms with Gasteiger partial charge in [-0.2, -0.15) is 0 Å². The van der Waals surface area contributed by atoms with Gasteiger partial charge in [-0.1, -0.05) is 51.8 Å². The van der Waals surface area contributed by atoms with Crippen LogP contribution in [-0.2, 0) is 6.42 Å². The number of rotatable bonds is 4. The van der Waals surface area contributed by atoms with Crippen LogP contribution in [0.25, 0.3) is 0 Å². The fourth-order valence-corrected chi connectivity index (χ4v) is 2.48. The van der Waals surface area contributed by atoms with Crippen LogP contribution in [0, 0.1) is 5.82 Å². The van der Waals surface area contributed by atoms with E-state index in [0.717, 1.165) is 15.6 Å². The van der Waals surface area contributed by atoms with Crippen molar-refractivity contribution >= 4 is 27.5 Å². The zero-order valence-corrected chi connectivity index (χ0v) is 12.8. The van der Waals surface area contributed by atoms with E-state index in [0.29, 0.717) is 6.42 Å². The van der Waals surface area contributed by atoms with Crippen molar-refractivity contribution < 1.29 is 4.39 Å². The highest BCUT2D eigenvalue weighted by Crippen LogP contribution is 2.26. The highest BCUT2D eigenvalue weighted by Gasteiger charge is 2.13. The maximum Gasteiger partial charge on any atom is 0.142 e. The van der Waals surface area contributed by atoms with E-state index >= 15 is 0 Å². The van der Waals surface area contributed by atoms with Crippen LogP contribution >= 0.6 is 27.5 Å². The number of halogens is 3. The van der Waals surface area contributed by atoms with Crippen LogP contribution in [0.15, 0.2) is 46.9 Å². The molecule has 1 N–H and O–H groups in total. The quantitative estimate of drug-likeness (QED) is 0.846. The summed E-state index contributed by atoms with van der Waals surface area (Å²) in [6.45, 7) is 0. The first kappa shape index (κ1) is 14.5. The van der Waals surface area contributed by atoms with Gasteiger partial charge in [0.25, 0.3) is 0 Å². The summed E-state index contributed by atoms with van der Waals surface area (Å²) in [5, 5.41) is 3.44. The number of nitrogens with one attached hydrogen (secondary N) is 1. The Bertz CT molecular complexity index is 557. The van der Waals surface area contributed by atoms with Crippen molar-refractivity contribution in [2.24, 2.45) is 0 Å². The second kappa shape index (κ2) is 6.51. The molecule has 0 bridgehead atoms. The lowest BCUT2D eigenvalue weighted by Gasteiger charge is -2.17. The predicted octanol–water partition coefficient (Wildman–Crippen LogP) is 4.74. The first-order valence-corrected chi connectivity index (χ1v) is 7.14. The van der Waals surface area contributed by atoms with E-state index in [-0.39, 0.29) is 16.9 Å². The highest BCUT2D eigenvalue weighted by molar-refractivity contribution is 9.10. The monoisotopic (exact) mass is 341 g/mol. The number of likely N-dealkylation sites (N-methyl/N-ethyl adjacent to an activating group) is 1. The van der Waals surface area contributed by atoms with Crippen LogP contribution in [0.2, 0.25) is 5.02 Å². The molecule has 0 aliphatic rings. The minimum absolute atomic E-state index is 0.104. The molecular formula is C15H14BrClFN. The van der Waals surface area contributed by atoms with Crippen molar-refractivity contribution in [2.45, 2.75) is 12.5 Å². The Labute approximate surface area is 125 Å². The molecule has 4 heteroatoms. The molecule has 1 nitrogen and oxygen atoms in total. The molecule has 1 unspecified atom stereocenters. The van der Waals surface area contributed by atoms with Crippen LogP contribution in [0.5, 0.6) is 0 Å². The topological polar surface area (TPSA) is 12.0 Å². The average Bonchev–Trinajstić information content (AvgIpc) is 2.42. The van der Waals surface area contributed by atoms with Gasteiger partial charge in [0.2, 0.25) is 0 Å². The summed E-state index contributed by atoms with van der Waals surface area (Å²) >= 11 is 9.41. The molecule has 2 rings (SSSR count). The SMILES string of the molecule is CNC(Cc1cccc(F)c1Cl)c1ccc(Br)cc1. The van der Waals surface area contributed by atoms with E-state index in [4.69, 9.17) is 11.6 Å². The normalized spacial score (nSPS) is 12.4. The van der Waals surface area contributed by atoms with E-state index in [2.05, 4.69) is 21.2 Å². The molecule has 0 spiro atoms. The Morgan fingerprint density at radius 3 is 2.53 bits per heavy atom. The van der Waals surface area contributed by atoms with Crippen LogP contribution < -0.4 is 5.32 Å². The standard InChI is InChI=1S/C15H14BrClFN/c1-19-14(10-5-7-12(16)8-6-10)9-11-3-2-4-13(18)15(11)17/h2-8,14,19H,9H2,1H3. The molecule has 0 saturated heterocycles. The van der Waals surface area contributed by atoms with Crippen LogP contribution in [0.1, 0.15) is 17.2 Å². The van der Waals surface area contributed by atoms with Gasteiger partial charge in [0.1, 0.15) is 5.82 Å². The molecular weight excluding hydrogens is 329 g/mol. The summed E-state index contributed by atoms with van der Waals surface area (Å²) in [7, 11) is 1.89. The molecule has 0 aliphatic heterocycles. The molecule has 0 saturated carbocycles. The molecule has 0 aromatic heterocycles. The Morgan fingerprint density at radius 1 is 1.21 bits per heavy atom. The molecule has 1 atom stereocenters. The number of hydrogen-bond donors (Lipinski definition) is 1. The van der Waals surface area contributed by atoms with Gasteiger partial charge >= 0.3 is 0 Å². The van der Waals surface area contributed by atoms with E-state index in [1.165, 1.54) is 6.07 Å². The van der Waals surface area contributed by atoms with Gasteiger partial charge in [0.15, 0.2) is 0 Å². The summed E-state index contributed by atoms with van der Waals surface area (Å²) in [5.74, 6) is -0.371. The van der Waals surface area contributed by atoms with Crippen molar-refractivity contribution in [3.05, 3.63) is 68.9 Å². The fourth-order valence-electron chi connectivity index (χ4n) is 2.01. The van der Waals surface area contributed by atoms with Crippen LogP contribution in [0.4, 0.5) is 4.39 Å². The molecule has 100 valence electrons. The lowest BCUT2D eigenvalue weighted by atomic mass is 9.99. The summed E-state index contributed by atoms with van der Waals surface area (Å²) < 4.78 is 14.5. The summed E-state index contributed by atoms with van der Waals surface area (Å²) in [4.78, 5) is 0. The molecule has 0 aliphatic carbocycles. The van der Waals surface area contributed by atoms with Crippen LogP contribution in [0.3, 0.4) is 0 Å². The molecule has 0 fully saturated rings. The average molecular weight is 343 g/mol. The smallest absolute Gasteiger partial charge is 0.142 e. The van der Waals surface area contributed by atoms with Gasteiger partial charge in [-0.05, 0) is 42.8 Å².